The van der Waals surface area contributed by atoms with Gasteiger partial charge in [-0.15, -0.1) is 0 Å². The number of carbonyl (C=O) groups excluding carboxylic acids is 1. The normalized spacial score (nSPS) is 10.5. The van der Waals surface area contributed by atoms with Crippen molar-refractivity contribution in [2.75, 3.05) is 11.9 Å². The van der Waals surface area contributed by atoms with Crippen molar-refractivity contribution in [1.29, 1.82) is 0 Å². The molecular formula is C14H17BrN4O2. The van der Waals surface area contributed by atoms with Gasteiger partial charge in [0.25, 0.3) is 5.91 Å². The zero-order valence-electron chi connectivity index (χ0n) is 12.2. The zero-order chi connectivity index (χ0) is 15.4. The standard InChI is InChI=1S/C14H17BrN4O2/c1-4-16-13-11(5-10(15)6-17-13)14(20)18-7-12-8(2)19-21-9(12)3/h5-6H,4,7H2,1-3H3,(H,16,17)(H,18,20). The Hall–Kier alpha value is -1.89. The predicted octanol–water partition coefficient (Wildman–Crippen LogP) is 2.81. The number of anilines is 1. The number of aromatic nitrogens is 2. The lowest BCUT2D eigenvalue weighted by Gasteiger charge is -2.10. The minimum atomic E-state index is -0.195. The Labute approximate surface area is 131 Å². The molecule has 7 heteroatoms. The van der Waals surface area contributed by atoms with Crippen molar-refractivity contribution in [3.05, 3.63) is 39.3 Å². The van der Waals surface area contributed by atoms with Gasteiger partial charge in [-0.25, -0.2) is 4.98 Å². The number of nitrogens with one attached hydrogen (secondary N) is 2. The van der Waals surface area contributed by atoms with Gasteiger partial charge in [0.15, 0.2) is 0 Å². The number of hydrogen-bond acceptors (Lipinski definition) is 5. The molecule has 2 heterocycles. The van der Waals surface area contributed by atoms with Crippen LogP contribution in [0.4, 0.5) is 5.82 Å². The smallest absolute Gasteiger partial charge is 0.255 e. The van der Waals surface area contributed by atoms with Gasteiger partial charge in [-0.05, 0) is 42.8 Å². The first-order valence-corrected chi connectivity index (χ1v) is 7.41. The molecule has 2 aromatic rings. The van der Waals surface area contributed by atoms with Gasteiger partial charge in [0.1, 0.15) is 11.6 Å². The first kappa shape index (κ1) is 15.5. The molecule has 21 heavy (non-hydrogen) atoms. The minimum absolute atomic E-state index is 0.195. The highest BCUT2D eigenvalue weighted by molar-refractivity contribution is 9.10. The van der Waals surface area contributed by atoms with Crippen molar-refractivity contribution in [3.8, 4) is 0 Å². The summed E-state index contributed by atoms with van der Waals surface area (Å²) >= 11 is 3.33. The number of halogens is 1. The topological polar surface area (TPSA) is 80.0 Å². The van der Waals surface area contributed by atoms with Crippen molar-refractivity contribution in [2.45, 2.75) is 27.3 Å². The van der Waals surface area contributed by atoms with Gasteiger partial charge in [0.2, 0.25) is 0 Å². The molecule has 2 rings (SSSR count). The molecule has 0 aliphatic heterocycles. The van der Waals surface area contributed by atoms with Crippen molar-refractivity contribution in [3.63, 3.8) is 0 Å². The first-order chi connectivity index (χ1) is 10.0. The van der Waals surface area contributed by atoms with E-state index in [1.54, 1.807) is 12.3 Å². The number of carbonyl (C=O) groups is 1. The van der Waals surface area contributed by atoms with Gasteiger partial charge in [0.05, 0.1) is 11.3 Å². The van der Waals surface area contributed by atoms with E-state index < -0.39 is 0 Å². The van der Waals surface area contributed by atoms with Crippen molar-refractivity contribution >= 4 is 27.7 Å². The van der Waals surface area contributed by atoms with E-state index in [9.17, 15) is 4.79 Å². The fourth-order valence-electron chi connectivity index (χ4n) is 1.94. The van der Waals surface area contributed by atoms with Crippen molar-refractivity contribution in [2.24, 2.45) is 0 Å². The molecule has 0 aromatic carbocycles. The largest absolute Gasteiger partial charge is 0.370 e. The summed E-state index contributed by atoms with van der Waals surface area (Å²) in [6.07, 6.45) is 1.66. The molecule has 1 amide bonds. The van der Waals surface area contributed by atoms with Crippen LogP contribution < -0.4 is 10.6 Å². The molecular weight excluding hydrogens is 336 g/mol. The molecule has 0 atom stereocenters. The minimum Gasteiger partial charge on any atom is -0.370 e. The van der Waals surface area contributed by atoms with Gasteiger partial charge in [-0.1, -0.05) is 5.16 Å². The average Bonchev–Trinajstić information content (AvgIpc) is 2.77. The van der Waals surface area contributed by atoms with Crippen LogP contribution in [0.5, 0.6) is 0 Å². The third-order valence-electron chi connectivity index (χ3n) is 3.05. The molecule has 0 aliphatic rings. The quantitative estimate of drug-likeness (QED) is 0.864. The van der Waals surface area contributed by atoms with E-state index in [0.29, 0.717) is 30.2 Å². The van der Waals surface area contributed by atoms with Crippen molar-refractivity contribution < 1.29 is 9.32 Å². The van der Waals surface area contributed by atoms with Gasteiger partial charge in [0, 0.05) is 29.3 Å². The maximum atomic E-state index is 12.3. The third-order valence-corrected chi connectivity index (χ3v) is 3.48. The lowest BCUT2D eigenvalue weighted by Crippen LogP contribution is -2.25. The van der Waals surface area contributed by atoms with E-state index in [-0.39, 0.29) is 5.91 Å². The van der Waals surface area contributed by atoms with Crippen LogP contribution in [0.3, 0.4) is 0 Å². The summed E-state index contributed by atoms with van der Waals surface area (Å²) < 4.78 is 5.84. The fraction of sp³-hybridized carbons (Fsp3) is 0.357. The Balaban J connectivity index is 2.15. The molecule has 0 fully saturated rings. The Bertz CT molecular complexity index is 635. The third kappa shape index (κ3) is 3.60. The summed E-state index contributed by atoms with van der Waals surface area (Å²) in [7, 11) is 0. The number of rotatable bonds is 5. The molecule has 0 unspecified atom stereocenters. The van der Waals surface area contributed by atoms with Crippen LogP contribution >= 0.6 is 15.9 Å². The van der Waals surface area contributed by atoms with Crippen LogP contribution in [0.25, 0.3) is 0 Å². The predicted molar refractivity (Wildman–Crippen MR) is 83.2 cm³/mol. The summed E-state index contributed by atoms with van der Waals surface area (Å²) in [6.45, 7) is 6.70. The Morgan fingerprint density at radius 2 is 2.19 bits per heavy atom. The van der Waals surface area contributed by atoms with E-state index in [1.807, 2.05) is 20.8 Å². The lowest BCUT2D eigenvalue weighted by molar-refractivity contribution is 0.0951. The molecule has 0 spiro atoms. The maximum Gasteiger partial charge on any atom is 0.255 e. The summed E-state index contributed by atoms with van der Waals surface area (Å²) in [5.74, 6) is 1.09. The molecule has 112 valence electrons. The monoisotopic (exact) mass is 352 g/mol. The highest BCUT2D eigenvalue weighted by Gasteiger charge is 2.15. The van der Waals surface area contributed by atoms with E-state index in [0.717, 1.165) is 15.7 Å². The highest BCUT2D eigenvalue weighted by atomic mass is 79.9. The van der Waals surface area contributed by atoms with Crippen LogP contribution in [0.1, 0.15) is 34.3 Å². The van der Waals surface area contributed by atoms with Gasteiger partial charge < -0.3 is 15.2 Å². The zero-order valence-corrected chi connectivity index (χ0v) is 13.7. The molecule has 0 radical (unpaired) electrons. The van der Waals surface area contributed by atoms with E-state index in [2.05, 4.69) is 36.7 Å². The van der Waals surface area contributed by atoms with Gasteiger partial charge in [-0.2, -0.15) is 0 Å². The van der Waals surface area contributed by atoms with Crippen LogP contribution in [-0.2, 0) is 6.54 Å². The molecule has 0 saturated heterocycles. The summed E-state index contributed by atoms with van der Waals surface area (Å²) in [4.78, 5) is 16.6. The summed E-state index contributed by atoms with van der Waals surface area (Å²) in [6, 6.07) is 1.74. The summed E-state index contributed by atoms with van der Waals surface area (Å²) in [5, 5.41) is 9.82. The average molecular weight is 353 g/mol. The van der Waals surface area contributed by atoms with Gasteiger partial charge >= 0.3 is 0 Å². The van der Waals surface area contributed by atoms with Crippen LogP contribution in [-0.4, -0.2) is 22.6 Å². The Kier molecular flexibility index (Phi) is 4.95. The summed E-state index contributed by atoms with van der Waals surface area (Å²) in [5.41, 5.74) is 2.18. The van der Waals surface area contributed by atoms with Gasteiger partial charge in [-0.3, -0.25) is 4.79 Å². The second-order valence-corrected chi connectivity index (χ2v) is 5.48. The van der Waals surface area contributed by atoms with Crippen LogP contribution in [0.15, 0.2) is 21.3 Å². The second kappa shape index (κ2) is 6.71. The van der Waals surface area contributed by atoms with Crippen LogP contribution in [0.2, 0.25) is 0 Å². The maximum absolute atomic E-state index is 12.3. The molecule has 2 N–H and O–H groups in total. The first-order valence-electron chi connectivity index (χ1n) is 6.62. The molecule has 2 aromatic heterocycles. The highest BCUT2D eigenvalue weighted by Crippen LogP contribution is 2.18. The SMILES string of the molecule is CCNc1ncc(Br)cc1C(=O)NCc1c(C)noc1C. The number of aryl methyl sites for hydroxylation is 2. The van der Waals surface area contributed by atoms with E-state index in [4.69, 9.17) is 4.52 Å². The molecule has 0 bridgehead atoms. The van der Waals surface area contributed by atoms with E-state index >= 15 is 0 Å². The Morgan fingerprint density at radius 3 is 2.81 bits per heavy atom. The lowest BCUT2D eigenvalue weighted by atomic mass is 10.2. The van der Waals surface area contributed by atoms with Crippen LogP contribution in [0, 0.1) is 13.8 Å². The second-order valence-electron chi connectivity index (χ2n) is 4.57. The van der Waals surface area contributed by atoms with Crippen molar-refractivity contribution in [1.82, 2.24) is 15.5 Å². The molecule has 0 saturated carbocycles. The molecule has 6 nitrogen and oxygen atoms in total. The number of hydrogen-bond donors (Lipinski definition) is 2. The molecule has 0 aliphatic carbocycles. The number of amides is 1. The fourth-order valence-corrected chi connectivity index (χ4v) is 2.27. The Morgan fingerprint density at radius 1 is 1.43 bits per heavy atom. The number of nitrogens with zero attached hydrogens (tertiary/aromatic N) is 2. The number of pyridine rings is 1. The van der Waals surface area contributed by atoms with E-state index in [1.165, 1.54) is 0 Å².